The Morgan fingerprint density at radius 3 is 2.89 bits per heavy atom. The van der Waals surface area contributed by atoms with E-state index in [1.54, 1.807) is 0 Å². The van der Waals surface area contributed by atoms with Crippen molar-refractivity contribution in [3.63, 3.8) is 0 Å². The van der Waals surface area contributed by atoms with Crippen LogP contribution in [0.25, 0.3) is 10.9 Å². The predicted molar refractivity (Wildman–Crippen MR) is 79.4 cm³/mol. The normalized spacial score (nSPS) is 11.2. The van der Waals surface area contributed by atoms with Crippen molar-refractivity contribution in [1.29, 1.82) is 0 Å². The number of hydrogen-bond donors (Lipinski definition) is 1. The van der Waals surface area contributed by atoms with Gasteiger partial charge < -0.3 is 5.32 Å². The molecular weight excluding hydrogens is 244 g/mol. The Kier molecular flexibility index (Phi) is 4.07. The summed E-state index contributed by atoms with van der Waals surface area (Å²) in [7, 11) is 0. The van der Waals surface area contributed by atoms with Crippen LogP contribution in [0.2, 0.25) is 5.02 Å². The summed E-state index contributed by atoms with van der Waals surface area (Å²) in [5, 5.41) is 5.32. The van der Waals surface area contributed by atoms with Gasteiger partial charge in [0.15, 0.2) is 0 Å². The maximum Gasteiger partial charge on any atom is 0.0752 e. The highest BCUT2D eigenvalue weighted by Gasteiger charge is 2.09. The van der Waals surface area contributed by atoms with Gasteiger partial charge in [-0.25, -0.2) is 0 Å². The summed E-state index contributed by atoms with van der Waals surface area (Å²) < 4.78 is 0. The number of hydrogen-bond acceptors (Lipinski definition) is 2. The van der Waals surface area contributed by atoms with Crippen LogP contribution in [-0.2, 0) is 0 Å². The number of rotatable bonds is 4. The summed E-state index contributed by atoms with van der Waals surface area (Å²) in [6.07, 6.45) is 2.95. The first-order valence-corrected chi connectivity index (χ1v) is 6.75. The molecule has 18 heavy (non-hydrogen) atoms. The third-order valence-electron chi connectivity index (χ3n) is 3.06. The molecule has 2 rings (SSSR count). The quantitative estimate of drug-likeness (QED) is 0.867. The van der Waals surface area contributed by atoms with Gasteiger partial charge in [0.25, 0.3) is 0 Å². The minimum absolute atomic E-state index is 0.686. The lowest BCUT2D eigenvalue weighted by Gasteiger charge is -2.14. The molecule has 3 heteroatoms. The second-order valence-electron chi connectivity index (χ2n) is 5.06. The first-order valence-electron chi connectivity index (χ1n) is 6.37. The van der Waals surface area contributed by atoms with Gasteiger partial charge >= 0.3 is 0 Å². The fraction of sp³-hybridized carbons (Fsp3) is 0.400. The Morgan fingerprint density at radius 2 is 2.17 bits per heavy atom. The lowest BCUT2D eigenvalue weighted by molar-refractivity contribution is 0.607. The lowest BCUT2D eigenvalue weighted by Crippen LogP contribution is -2.06. The van der Waals surface area contributed by atoms with Crippen molar-refractivity contribution >= 4 is 28.2 Å². The Hall–Kier alpha value is -1.28. The zero-order valence-electron chi connectivity index (χ0n) is 11.1. The zero-order valence-corrected chi connectivity index (χ0v) is 11.9. The van der Waals surface area contributed by atoms with Crippen molar-refractivity contribution in [3.05, 3.63) is 35.0 Å². The monoisotopic (exact) mass is 262 g/mol. The molecule has 2 nitrogen and oxygen atoms in total. The first kappa shape index (κ1) is 13.2. The van der Waals surface area contributed by atoms with Crippen LogP contribution in [0.1, 0.15) is 25.8 Å². The molecule has 0 saturated heterocycles. The standard InChI is InChI=1S/C15H19ClN2/c1-10(2)6-8-18-15-12-5-4-7-17-14(12)11(3)9-13(15)16/h4-5,7,9-10,18H,6,8H2,1-3H3. The molecule has 0 aliphatic heterocycles. The molecule has 1 N–H and O–H groups in total. The molecule has 0 saturated carbocycles. The van der Waals surface area contributed by atoms with Crippen molar-refractivity contribution in [2.75, 3.05) is 11.9 Å². The maximum absolute atomic E-state index is 6.33. The molecule has 0 aliphatic carbocycles. The van der Waals surface area contributed by atoms with E-state index in [2.05, 4.69) is 30.2 Å². The van der Waals surface area contributed by atoms with Crippen LogP contribution in [0.15, 0.2) is 24.4 Å². The van der Waals surface area contributed by atoms with E-state index in [4.69, 9.17) is 11.6 Å². The Balaban J connectivity index is 2.37. The third-order valence-corrected chi connectivity index (χ3v) is 3.35. The van der Waals surface area contributed by atoms with Crippen molar-refractivity contribution in [2.24, 2.45) is 5.92 Å². The fourth-order valence-electron chi connectivity index (χ4n) is 2.05. The fourth-order valence-corrected chi connectivity index (χ4v) is 2.38. The average molecular weight is 263 g/mol. The Morgan fingerprint density at radius 1 is 1.39 bits per heavy atom. The van der Waals surface area contributed by atoms with Gasteiger partial charge in [0.1, 0.15) is 0 Å². The molecule has 0 spiro atoms. The summed E-state index contributed by atoms with van der Waals surface area (Å²) in [4.78, 5) is 4.43. The lowest BCUT2D eigenvalue weighted by atomic mass is 10.1. The van der Waals surface area contributed by atoms with Gasteiger partial charge in [-0.15, -0.1) is 0 Å². The van der Waals surface area contributed by atoms with E-state index < -0.39 is 0 Å². The predicted octanol–water partition coefficient (Wildman–Crippen LogP) is 4.65. The van der Waals surface area contributed by atoms with E-state index in [9.17, 15) is 0 Å². The molecule has 1 aromatic heterocycles. The van der Waals surface area contributed by atoms with Crippen LogP contribution in [0, 0.1) is 12.8 Å². The molecular formula is C15H19ClN2. The van der Waals surface area contributed by atoms with E-state index in [0.29, 0.717) is 5.92 Å². The molecule has 0 radical (unpaired) electrons. The zero-order chi connectivity index (χ0) is 13.1. The summed E-state index contributed by atoms with van der Waals surface area (Å²) in [5.74, 6) is 0.686. The van der Waals surface area contributed by atoms with Gasteiger partial charge in [0.05, 0.1) is 16.2 Å². The van der Waals surface area contributed by atoms with Crippen LogP contribution in [0.4, 0.5) is 5.69 Å². The van der Waals surface area contributed by atoms with E-state index >= 15 is 0 Å². The number of fused-ring (bicyclic) bond motifs is 1. The van der Waals surface area contributed by atoms with Crippen LogP contribution in [-0.4, -0.2) is 11.5 Å². The summed E-state index contributed by atoms with van der Waals surface area (Å²) in [6, 6.07) is 6.00. The Labute approximate surface area is 113 Å². The highest BCUT2D eigenvalue weighted by molar-refractivity contribution is 6.35. The molecule has 0 aliphatic rings. The van der Waals surface area contributed by atoms with Crippen molar-refractivity contribution in [3.8, 4) is 0 Å². The van der Waals surface area contributed by atoms with Crippen molar-refractivity contribution in [1.82, 2.24) is 4.98 Å². The van der Waals surface area contributed by atoms with Gasteiger partial charge in [-0.05, 0) is 43.0 Å². The second-order valence-corrected chi connectivity index (χ2v) is 5.47. The number of anilines is 1. The number of nitrogens with zero attached hydrogens (tertiary/aromatic N) is 1. The first-order chi connectivity index (χ1) is 8.59. The third kappa shape index (κ3) is 2.75. The molecule has 1 aromatic carbocycles. The molecule has 1 heterocycles. The van der Waals surface area contributed by atoms with Crippen LogP contribution >= 0.6 is 11.6 Å². The highest BCUT2D eigenvalue weighted by atomic mass is 35.5. The second kappa shape index (κ2) is 5.57. The number of benzene rings is 1. The molecule has 0 unspecified atom stereocenters. The largest absolute Gasteiger partial charge is 0.383 e. The van der Waals surface area contributed by atoms with Crippen LogP contribution in [0.5, 0.6) is 0 Å². The van der Waals surface area contributed by atoms with Crippen molar-refractivity contribution in [2.45, 2.75) is 27.2 Å². The van der Waals surface area contributed by atoms with Gasteiger partial charge in [-0.3, -0.25) is 4.98 Å². The minimum Gasteiger partial charge on any atom is -0.383 e. The SMILES string of the molecule is Cc1cc(Cl)c(NCCC(C)C)c2cccnc12. The number of halogens is 1. The summed E-state index contributed by atoms with van der Waals surface area (Å²) in [6.45, 7) is 7.42. The van der Waals surface area contributed by atoms with Gasteiger partial charge in [-0.2, -0.15) is 0 Å². The van der Waals surface area contributed by atoms with Crippen molar-refractivity contribution < 1.29 is 0 Å². The summed E-state index contributed by atoms with van der Waals surface area (Å²) >= 11 is 6.33. The molecule has 0 atom stereocenters. The number of pyridine rings is 1. The molecule has 0 amide bonds. The minimum atomic E-state index is 0.686. The maximum atomic E-state index is 6.33. The molecule has 96 valence electrons. The van der Waals surface area contributed by atoms with Crippen LogP contribution < -0.4 is 5.32 Å². The topological polar surface area (TPSA) is 24.9 Å². The van der Waals surface area contributed by atoms with Crippen LogP contribution in [0.3, 0.4) is 0 Å². The molecule has 0 bridgehead atoms. The molecule has 2 aromatic rings. The van der Waals surface area contributed by atoms with E-state index in [-0.39, 0.29) is 0 Å². The number of nitrogens with one attached hydrogen (secondary N) is 1. The average Bonchev–Trinajstić information content (AvgIpc) is 2.33. The van der Waals surface area contributed by atoms with E-state index in [0.717, 1.165) is 40.1 Å². The van der Waals surface area contributed by atoms with E-state index in [1.165, 1.54) is 0 Å². The van der Waals surface area contributed by atoms with E-state index in [1.807, 2.05) is 25.3 Å². The smallest absolute Gasteiger partial charge is 0.0752 e. The van der Waals surface area contributed by atoms with Gasteiger partial charge in [0, 0.05) is 18.1 Å². The van der Waals surface area contributed by atoms with Gasteiger partial charge in [0.2, 0.25) is 0 Å². The highest BCUT2D eigenvalue weighted by Crippen LogP contribution is 2.32. The summed E-state index contributed by atoms with van der Waals surface area (Å²) in [5.41, 5.74) is 3.14. The van der Waals surface area contributed by atoms with Gasteiger partial charge in [-0.1, -0.05) is 25.4 Å². The Bertz CT molecular complexity index is 549. The number of aryl methyl sites for hydroxylation is 1. The molecule has 0 fully saturated rings. The number of aromatic nitrogens is 1.